The number of carbonyl (C=O) groups excluding carboxylic acids is 2. The fourth-order valence-electron chi connectivity index (χ4n) is 4.57. The SMILES string of the molecule is CC(=O)Nc1cc(Cl)c(F)cc1C=CC(=O)N1C2CCC1CN(Cc1ccc(F)cc1)C2. The van der Waals surface area contributed by atoms with Crippen molar-refractivity contribution in [2.75, 3.05) is 18.4 Å². The van der Waals surface area contributed by atoms with Gasteiger partial charge in [-0.15, -0.1) is 0 Å². The van der Waals surface area contributed by atoms with E-state index in [1.165, 1.54) is 43.3 Å². The normalized spacial score (nSPS) is 20.7. The number of benzene rings is 2. The van der Waals surface area contributed by atoms with E-state index in [1.54, 1.807) is 12.1 Å². The van der Waals surface area contributed by atoms with Gasteiger partial charge in [-0.25, -0.2) is 8.78 Å². The van der Waals surface area contributed by atoms with Crippen LogP contribution in [0.4, 0.5) is 14.5 Å². The van der Waals surface area contributed by atoms with Crippen LogP contribution in [-0.2, 0) is 16.1 Å². The first-order valence-electron chi connectivity index (χ1n) is 10.5. The predicted octanol–water partition coefficient (Wildman–Crippen LogP) is 4.47. The van der Waals surface area contributed by atoms with E-state index in [1.807, 2.05) is 4.90 Å². The molecular formula is C24H24ClF2N3O2. The van der Waals surface area contributed by atoms with E-state index in [4.69, 9.17) is 11.6 Å². The van der Waals surface area contributed by atoms with Gasteiger partial charge < -0.3 is 10.2 Å². The van der Waals surface area contributed by atoms with Crippen molar-refractivity contribution in [3.05, 3.63) is 70.3 Å². The minimum Gasteiger partial charge on any atom is -0.331 e. The van der Waals surface area contributed by atoms with Crippen LogP contribution in [0.2, 0.25) is 5.02 Å². The van der Waals surface area contributed by atoms with Crippen LogP contribution in [0.15, 0.2) is 42.5 Å². The number of likely N-dealkylation sites (tertiary alicyclic amines) is 1. The zero-order chi connectivity index (χ0) is 22.8. The van der Waals surface area contributed by atoms with Gasteiger partial charge in [0.1, 0.15) is 11.6 Å². The van der Waals surface area contributed by atoms with Crippen molar-refractivity contribution in [3.8, 4) is 0 Å². The van der Waals surface area contributed by atoms with Gasteiger partial charge in [-0.3, -0.25) is 14.5 Å². The number of hydrogen-bond donors (Lipinski definition) is 1. The van der Waals surface area contributed by atoms with Crippen LogP contribution in [0, 0.1) is 11.6 Å². The lowest BCUT2D eigenvalue weighted by atomic mass is 10.1. The van der Waals surface area contributed by atoms with Crippen LogP contribution in [-0.4, -0.2) is 46.8 Å². The van der Waals surface area contributed by atoms with Crippen molar-refractivity contribution in [2.24, 2.45) is 0 Å². The van der Waals surface area contributed by atoms with Crippen molar-refractivity contribution >= 4 is 35.2 Å². The van der Waals surface area contributed by atoms with E-state index < -0.39 is 5.82 Å². The summed E-state index contributed by atoms with van der Waals surface area (Å²) in [4.78, 5) is 28.6. The second kappa shape index (κ2) is 9.38. The Morgan fingerprint density at radius 2 is 1.78 bits per heavy atom. The molecule has 4 rings (SSSR count). The molecule has 2 aliphatic heterocycles. The van der Waals surface area contributed by atoms with Crippen molar-refractivity contribution in [2.45, 2.75) is 38.4 Å². The number of carbonyl (C=O) groups is 2. The van der Waals surface area contributed by atoms with Gasteiger partial charge in [0.25, 0.3) is 0 Å². The highest BCUT2D eigenvalue weighted by atomic mass is 35.5. The Labute approximate surface area is 190 Å². The number of fused-ring (bicyclic) bond motifs is 2. The van der Waals surface area contributed by atoms with Crippen LogP contribution >= 0.6 is 11.6 Å². The van der Waals surface area contributed by atoms with Gasteiger partial charge in [0.2, 0.25) is 11.8 Å². The number of nitrogens with zero attached hydrogens (tertiary/aromatic N) is 2. The lowest BCUT2D eigenvalue weighted by Gasteiger charge is -2.40. The predicted molar refractivity (Wildman–Crippen MR) is 120 cm³/mol. The molecule has 168 valence electrons. The van der Waals surface area contributed by atoms with E-state index in [0.717, 1.165) is 38.0 Å². The molecule has 2 aliphatic rings. The quantitative estimate of drug-likeness (QED) is 0.671. The summed E-state index contributed by atoms with van der Waals surface area (Å²) in [7, 11) is 0. The maximum absolute atomic E-state index is 14.0. The molecule has 0 radical (unpaired) electrons. The van der Waals surface area contributed by atoms with Gasteiger partial charge in [0.05, 0.1) is 5.02 Å². The molecule has 2 bridgehead atoms. The molecule has 2 fully saturated rings. The summed E-state index contributed by atoms with van der Waals surface area (Å²) in [6.45, 7) is 3.56. The Bertz CT molecular complexity index is 1040. The Kier molecular flexibility index (Phi) is 6.58. The van der Waals surface area contributed by atoms with Crippen molar-refractivity contribution in [1.29, 1.82) is 0 Å². The average molecular weight is 460 g/mol. The number of anilines is 1. The van der Waals surface area contributed by atoms with Gasteiger partial charge in [0.15, 0.2) is 0 Å². The molecule has 2 amide bonds. The highest BCUT2D eigenvalue weighted by Gasteiger charge is 2.41. The van der Waals surface area contributed by atoms with Crippen LogP contribution < -0.4 is 5.32 Å². The lowest BCUT2D eigenvalue weighted by Crippen LogP contribution is -2.55. The fourth-order valence-corrected chi connectivity index (χ4v) is 4.74. The Morgan fingerprint density at radius 1 is 1.12 bits per heavy atom. The van der Waals surface area contributed by atoms with Gasteiger partial charge in [-0.05, 0) is 48.7 Å². The minimum atomic E-state index is -0.623. The summed E-state index contributed by atoms with van der Waals surface area (Å²) in [5.41, 5.74) is 1.76. The van der Waals surface area contributed by atoms with Crippen LogP contribution in [0.1, 0.15) is 30.9 Å². The third-order valence-corrected chi connectivity index (χ3v) is 6.23. The Morgan fingerprint density at radius 3 is 2.41 bits per heavy atom. The van der Waals surface area contributed by atoms with E-state index in [9.17, 15) is 18.4 Å². The summed E-state index contributed by atoms with van der Waals surface area (Å²) in [6, 6.07) is 9.23. The first kappa shape index (κ1) is 22.4. The largest absolute Gasteiger partial charge is 0.331 e. The highest BCUT2D eigenvalue weighted by molar-refractivity contribution is 6.31. The standard InChI is InChI=1S/C24H24ClF2N3O2/c1-15(31)28-23-11-21(25)22(27)10-17(23)4-9-24(32)30-19-7-8-20(30)14-29(13-19)12-16-2-5-18(26)6-3-16/h2-6,9-11,19-20H,7-8,12-14H2,1H3,(H,28,31). The number of hydrogen-bond acceptors (Lipinski definition) is 3. The molecule has 0 spiro atoms. The van der Waals surface area contributed by atoms with Gasteiger partial charge in [-0.2, -0.15) is 0 Å². The maximum atomic E-state index is 14.0. The number of piperazine rings is 1. The van der Waals surface area contributed by atoms with Crippen LogP contribution in [0.5, 0.6) is 0 Å². The van der Waals surface area contributed by atoms with Crippen molar-refractivity contribution in [1.82, 2.24) is 9.80 Å². The summed E-state index contributed by atoms with van der Waals surface area (Å²) in [5, 5.41) is 2.51. The first-order valence-corrected chi connectivity index (χ1v) is 10.9. The van der Waals surface area contributed by atoms with Gasteiger partial charge >= 0.3 is 0 Å². The number of nitrogens with one attached hydrogen (secondary N) is 1. The topological polar surface area (TPSA) is 52.7 Å². The molecule has 2 aromatic carbocycles. The first-order chi connectivity index (χ1) is 15.3. The van der Waals surface area contributed by atoms with Crippen LogP contribution in [0.3, 0.4) is 0 Å². The lowest BCUT2D eigenvalue weighted by molar-refractivity contribution is -0.131. The molecule has 32 heavy (non-hydrogen) atoms. The molecule has 0 aromatic heterocycles. The summed E-state index contributed by atoms with van der Waals surface area (Å²) in [6.07, 6.45) is 4.79. The fraction of sp³-hybridized carbons (Fsp3) is 0.333. The van der Waals surface area contributed by atoms with Gasteiger partial charge in [-0.1, -0.05) is 23.7 Å². The van der Waals surface area contributed by atoms with E-state index >= 15 is 0 Å². The van der Waals surface area contributed by atoms with Gasteiger partial charge in [0, 0.05) is 56.0 Å². The third-order valence-electron chi connectivity index (χ3n) is 5.94. The molecule has 5 nitrogen and oxygen atoms in total. The zero-order valence-corrected chi connectivity index (χ0v) is 18.4. The molecule has 8 heteroatoms. The van der Waals surface area contributed by atoms with E-state index in [2.05, 4.69) is 10.2 Å². The van der Waals surface area contributed by atoms with Crippen LogP contribution in [0.25, 0.3) is 6.08 Å². The van der Waals surface area contributed by atoms with E-state index in [-0.39, 0.29) is 34.7 Å². The molecule has 0 aliphatic carbocycles. The zero-order valence-electron chi connectivity index (χ0n) is 17.7. The highest BCUT2D eigenvalue weighted by Crippen LogP contribution is 2.32. The van der Waals surface area contributed by atoms with Crippen molar-refractivity contribution in [3.63, 3.8) is 0 Å². The molecule has 2 atom stereocenters. The molecule has 2 heterocycles. The van der Waals surface area contributed by atoms with E-state index in [0.29, 0.717) is 11.3 Å². The molecule has 2 aromatic rings. The molecule has 0 saturated carbocycles. The average Bonchev–Trinajstić information content (AvgIpc) is 3.01. The maximum Gasteiger partial charge on any atom is 0.247 e. The smallest absolute Gasteiger partial charge is 0.247 e. The monoisotopic (exact) mass is 459 g/mol. The molecular weight excluding hydrogens is 436 g/mol. The number of amides is 2. The molecule has 2 saturated heterocycles. The Hall–Kier alpha value is -2.77. The minimum absolute atomic E-state index is 0.100. The number of halogens is 3. The summed E-state index contributed by atoms with van der Waals surface area (Å²) in [5.74, 6) is -1.33. The second-order valence-corrected chi connectivity index (χ2v) is 8.73. The van der Waals surface area contributed by atoms with Crippen molar-refractivity contribution < 1.29 is 18.4 Å². The summed E-state index contributed by atoms with van der Waals surface area (Å²) >= 11 is 5.83. The summed E-state index contributed by atoms with van der Waals surface area (Å²) < 4.78 is 27.1. The number of rotatable bonds is 5. The third kappa shape index (κ3) is 5.00. The second-order valence-electron chi connectivity index (χ2n) is 8.32. The molecule has 2 unspecified atom stereocenters. The Balaban J connectivity index is 1.45. The molecule has 1 N–H and O–H groups in total.